The van der Waals surface area contributed by atoms with E-state index < -0.39 is 43.9 Å². The van der Waals surface area contributed by atoms with Crippen molar-refractivity contribution in [2.75, 3.05) is 18.4 Å². The van der Waals surface area contributed by atoms with E-state index in [9.17, 15) is 31.5 Å². The van der Waals surface area contributed by atoms with E-state index >= 15 is 0 Å². The van der Waals surface area contributed by atoms with Crippen molar-refractivity contribution in [2.24, 2.45) is 5.92 Å². The van der Waals surface area contributed by atoms with E-state index in [0.29, 0.717) is 17.4 Å². The van der Waals surface area contributed by atoms with Crippen LogP contribution in [0.1, 0.15) is 31.6 Å². The standard InChI is InChI=1S/C20H22F3N3O4S/c1-13(27)18-12-16(5-8-24-18)25-19(28)26-9-6-14(7-10-26)20(22,23)31(29,30)17-4-2-3-15(21)11-17/h2-5,8,11-14,27H,6-7,9-10H2,1H3,(H,24,25,28). The quantitative estimate of drug-likeness (QED) is 0.715. The number of halogens is 3. The van der Waals surface area contributed by atoms with Crippen molar-refractivity contribution in [1.29, 1.82) is 0 Å². The Morgan fingerprint density at radius 3 is 2.55 bits per heavy atom. The summed E-state index contributed by atoms with van der Waals surface area (Å²) in [6, 6.07) is 6.03. The number of pyridine rings is 1. The zero-order valence-electron chi connectivity index (χ0n) is 16.6. The maximum Gasteiger partial charge on any atom is 0.352 e. The molecule has 1 fully saturated rings. The third kappa shape index (κ3) is 4.82. The molecule has 0 saturated carbocycles. The summed E-state index contributed by atoms with van der Waals surface area (Å²) in [5.41, 5.74) is 0.746. The van der Waals surface area contributed by atoms with Crippen molar-refractivity contribution in [1.82, 2.24) is 9.88 Å². The van der Waals surface area contributed by atoms with E-state index in [2.05, 4.69) is 10.3 Å². The summed E-state index contributed by atoms with van der Waals surface area (Å²) in [6.45, 7) is 1.38. The lowest BCUT2D eigenvalue weighted by Crippen LogP contribution is -2.47. The monoisotopic (exact) mass is 457 g/mol. The molecule has 1 aromatic carbocycles. The van der Waals surface area contributed by atoms with E-state index in [0.717, 1.165) is 18.2 Å². The van der Waals surface area contributed by atoms with E-state index in [-0.39, 0.29) is 25.9 Å². The Morgan fingerprint density at radius 2 is 1.94 bits per heavy atom. The largest absolute Gasteiger partial charge is 0.387 e. The van der Waals surface area contributed by atoms with Gasteiger partial charge in [0.2, 0.25) is 9.84 Å². The summed E-state index contributed by atoms with van der Waals surface area (Å²) in [5.74, 6) is -2.43. The van der Waals surface area contributed by atoms with Crippen LogP contribution in [-0.4, -0.2) is 47.8 Å². The van der Waals surface area contributed by atoms with Crippen LogP contribution < -0.4 is 5.32 Å². The van der Waals surface area contributed by atoms with Crippen LogP contribution >= 0.6 is 0 Å². The van der Waals surface area contributed by atoms with Crippen LogP contribution in [0.3, 0.4) is 0 Å². The van der Waals surface area contributed by atoms with Gasteiger partial charge in [-0.3, -0.25) is 4.98 Å². The predicted molar refractivity (Wildman–Crippen MR) is 107 cm³/mol. The number of alkyl halides is 2. The molecule has 0 aliphatic carbocycles. The van der Waals surface area contributed by atoms with Gasteiger partial charge in [-0.25, -0.2) is 17.6 Å². The minimum atomic E-state index is -5.08. The van der Waals surface area contributed by atoms with Gasteiger partial charge in [0.05, 0.1) is 16.7 Å². The van der Waals surface area contributed by atoms with Gasteiger partial charge in [-0.2, -0.15) is 8.78 Å². The summed E-state index contributed by atoms with van der Waals surface area (Å²) in [4.78, 5) is 17.0. The lowest BCUT2D eigenvalue weighted by Gasteiger charge is -2.35. The molecule has 2 aromatic rings. The number of aromatic nitrogens is 1. The van der Waals surface area contributed by atoms with Crippen LogP contribution in [0.2, 0.25) is 0 Å². The lowest BCUT2D eigenvalue weighted by atomic mass is 9.97. The number of amides is 2. The maximum atomic E-state index is 14.8. The number of likely N-dealkylation sites (tertiary alicyclic amines) is 1. The van der Waals surface area contributed by atoms with E-state index in [4.69, 9.17) is 0 Å². The maximum absolute atomic E-state index is 14.8. The Morgan fingerprint density at radius 1 is 1.26 bits per heavy atom. The zero-order valence-corrected chi connectivity index (χ0v) is 17.4. The molecule has 7 nitrogen and oxygen atoms in total. The Balaban J connectivity index is 1.65. The highest BCUT2D eigenvalue weighted by atomic mass is 32.2. The fourth-order valence-corrected chi connectivity index (χ4v) is 4.90. The molecule has 1 aromatic heterocycles. The number of piperidine rings is 1. The highest BCUT2D eigenvalue weighted by Crippen LogP contribution is 2.41. The Hall–Kier alpha value is -2.66. The van der Waals surface area contributed by atoms with Crippen LogP contribution in [0, 0.1) is 11.7 Å². The number of nitrogens with one attached hydrogen (secondary N) is 1. The van der Waals surface area contributed by atoms with Crippen LogP contribution in [0.4, 0.5) is 23.7 Å². The van der Waals surface area contributed by atoms with Gasteiger partial charge in [0.1, 0.15) is 5.82 Å². The summed E-state index contributed by atoms with van der Waals surface area (Å²) in [5, 5.41) is 8.09. The molecule has 1 saturated heterocycles. The zero-order chi connectivity index (χ0) is 22.8. The second-order valence-corrected chi connectivity index (χ2v) is 9.38. The number of hydrogen-bond acceptors (Lipinski definition) is 5. The molecular formula is C20H22F3N3O4S. The third-order valence-corrected chi connectivity index (χ3v) is 7.11. The SMILES string of the molecule is CC(O)c1cc(NC(=O)N2CCC(C(F)(F)S(=O)(=O)c3cccc(F)c3)CC2)ccn1. The molecule has 3 rings (SSSR count). The highest BCUT2D eigenvalue weighted by molar-refractivity contribution is 7.92. The number of urea groups is 1. The Bertz CT molecular complexity index is 1060. The van der Waals surface area contributed by atoms with Gasteiger partial charge in [-0.15, -0.1) is 0 Å². The highest BCUT2D eigenvalue weighted by Gasteiger charge is 2.53. The minimum absolute atomic E-state index is 0.0703. The molecule has 1 aliphatic rings. The number of benzene rings is 1. The van der Waals surface area contributed by atoms with Crippen LogP contribution in [-0.2, 0) is 9.84 Å². The number of carbonyl (C=O) groups excluding carboxylic acids is 1. The van der Waals surface area contributed by atoms with Crippen molar-refractivity contribution < 1.29 is 31.5 Å². The van der Waals surface area contributed by atoms with Crippen molar-refractivity contribution in [3.05, 3.63) is 54.1 Å². The molecule has 0 radical (unpaired) electrons. The van der Waals surface area contributed by atoms with Crippen molar-refractivity contribution in [3.8, 4) is 0 Å². The topological polar surface area (TPSA) is 99.6 Å². The molecule has 0 bridgehead atoms. The number of nitrogens with zero attached hydrogens (tertiary/aromatic N) is 2. The van der Waals surface area contributed by atoms with E-state index in [1.54, 1.807) is 0 Å². The number of carbonyl (C=O) groups is 1. The molecule has 2 heterocycles. The second-order valence-electron chi connectivity index (χ2n) is 7.36. The number of hydrogen-bond donors (Lipinski definition) is 2. The first kappa shape index (κ1) is 23.0. The number of anilines is 1. The lowest BCUT2D eigenvalue weighted by molar-refractivity contribution is 0.000415. The molecule has 11 heteroatoms. The fourth-order valence-electron chi connectivity index (χ4n) is 3.39. The fraction of sp³-hybridized carbons (Fsp3) is 0.400. The summed E-state index contributed by atoms with van der Waals surface area (Å²) < 4.78 is 67.8. The summed E-state index contributed by atoms with van der Waals surface area (Å²) in [6.07, 6.45) is 0.130. The summed E-state index contributed by atoms with van der Waals surface area (Å²) >= 11 is 0. The van der Waals surface area contributed by atoms with Gasteiger partial charge in [-0.1, -0.05) is 6.07 Å². The number of aliphatic hydroxyl groups excluding tert-OH is 1. The minimum Gasteiger partial charge on any atom is -0.387 e. The predicted octanol–water partition coefficient (Wildman–Crippen LogP) is 3.58. The molecule has 168 valence electrons. The molecular weight excluding hydrogens is 435 g/mol. The Kier molecular flexibility index (Phi) is 6.56. The van der Waals surface area contributed by atoms with Gasteiger partial charge in [-0.05, 0) is 50.1 Å². The van der Waals surface area contributed by atoms with E-state index in [1.165, 1.54) is 30.2 Å². The van der Waals surface area contributed by atoms with Crippen molar-refractivity contribution in [3.63, 3.8) is 0 Å². The van der Waals surface area contributed by atoms with Gasteiger partial charge in [0, 0.05) is 30.9 Å². The summed E-state index contributed by atoms with van der Waals surface area (Å²) in [7, 11) is -5.08. The average Bonchev–Trinajstić information content (AvgIpc) is 2.74. The van der Waals surface area contributed by atoms with Crippen molar-refractivity contribution in [2.45, 2.75) is 36.0 Å². The molecule has 2 amide bonds. The molecule has 2 N–H and O–H groups in total. The average molecular weight is 457 g/mol. The first-order chi connectivity index (χ1) is 14.5. The molecule has 31 heavy (non-hydrogen) atoms. The molecule has 0 spiro atoms. The molecule has 1 unspecified atom stereocenters. The number of rotatable bonds is 5. The number of sulfone groups is 1. The van der Waals surface area contributed by atoms with Crippen LogP contribution in [0.5, 0.6) is 0 Å². The third-order valence-electron chi connectivity index (χ3n) is 5.18. The van der Waals surface area contributed by atoms with Crippen LogP contribution in [0.25, 0.3) is 0 Å². The molecule has 1 aliphatic heterocycles. The first-order valence-electron chi connectivity index (χ1n) is 9.60. The first-order valence-corrected chi connectivity index (χ1v) is 11.1. The van der Waals surface area contributed by atoms with E-state index in [1.807, 2.05) is 0 Å². The van der Waals surface area contributed by atoms with Gasteiger partial charge < -0.3 is 15.3 Å². The normalized spacial score (nSPS) is 16.7. The van der Waals surface area contributed by atoms with Crippen molar-refractivity contribution >= 4 is 21.6 Å². The molecule has 1 atom stereocenters. The Labute approximate surface area is 177 Å². The van der Waals surface area contributed by atoms with Crippen LogP contribution in [0.15, 0.2) is 47.5 Å². The van der Waals surface area contributed by atoms with Gasteiger partial charge in [0.25, 0.3) is 0 Å². The van der Waals surface area contributed by atoms with Gasteiger partial charge >= 0.3 is 11.3 Å². The van der Waals surface area contributed by atoms with Gasteiger partial charge in [0.15, 0.2) is 0 Å². The smallest absolute Gasteiger partial charge is 0.352 e. The second kappa shape index (κ2) is 8.83. The number of aliphatic hydroxyl groups is 1.